The van der Waals surface area contributed by atoms with E-state index in [0.717, 1.165) is 27.7 Å². The van der Waals surface area contributed by atoms with Crippen LogP contribution in [0.3, 0.4) is 0 Å². The Bertz CT molecular complexity index is 529. The minimum absolute atomic E-state index is 0.638. The van der Waals surface area contributed by atoms with Crippen LogP contribution in [-0.2, 0) is 5.33 Å². The molecule has 20 heavy (non-hydrogen) atoms. The fourth-order valence-electron chi connectivity index (χ4n) is 1.69. The van der Waals surface area contributed by atoms with Gasteiger partial charge in [0.15, 0.2) is 0 Å². The van der Waals surface area contributed by atoms with E-state index in [1.165, 1.54) is 5.56 Å². The Morgan fingerprint density at radius 1 is 0.900 bits per heavy atom. The summed E-state index contributed by atoms with van der Waals surface area (Å²) in [6, 6.07) is 15.9. The van der Waals surface area contributed by atoms with Gasteiger partial charge in [0.1, 0.15) is 11.5 Å². The fraction of sp³-hybridized carbons (Fsp3) is 0.250. The molecule has 0 heterocycles. The second kappa shape index (κ2) is 8.32. The highest BCUT2D eigenvalue weighted by Crippen LogP contribution is 2.26. The summed E-state index contributed by atoms with van der Waals surface area (Å²) in [7, 11) is 0. The molecule has 0 aliphatic rings. The zero-order chi connectivity index (χ0) is 14.2. The van der Waals surface area contributed by atoms with Crippen molar-refractivity contribution in [2.75, 3.05) is 13.2 Å². The molecule has 0 amide bonds. The molecule has 0 fully saturated rings. The maximum atomic E-state index is 5.73. The van der Waals surface area contributed by atoms with Crippen molar-refractivity contribution in [2.45, 2.75) is 11.8 Å². The van der Waals surface area contributed by atoms with Crippen LogP contribution in [0.25, 0.3) is 0 Å². The van der Waals surface area contributed by atoms with Crippen molar-refractivity contribution in [2.24, 2.45) is 0 Å². The van der Waals surface area contributed by atoms with E-state index in [0.29, 0.717) is 13.2 Å². The molecule has 2 aromatic carbocycles. The summed E-state index contributed by atoms with van der Waals surface area (Å²) in [6.07, 6.45) is 0.849. The second-order valence-electron chi connectivity index (χ2n) is 4.26. The van der Waals surface area contributed by atoms with Crippen molar-refractivity contribution < 1.29 is 9.47 Å². The smallest absolute Gasteiger partial charge is 0.133 e. The summed E-state index contributed by atoms with van der Waals surface area (Å²) in [6.45, 7) is 1.29. The quantitative estimate of drug-likeness (QED) is 0.471. The molecule has 0 aliphatic heterocycles. The molecule has 0 N–H and O–H groups in total. The Labute approximate surface area is 136 Å². The van der Waals surface area contributed by atoms with Crippen molar-refractivity contribution in [3.05, 3.63) is 58.6 Å². The van der Waals surface area contributed by atoms with Gasteiger partial charge >= 0.3 is 0 Å². The molecule has 4 heteroatoms. The number of para-hydroxylation sites is 1. The number of halogens is 2. The summed E-state index contributed by atoms with van der Waals surface area (Å²) in [5, 5.41) is 0.844. The predicted octanol–water partition coefficient (Wildman–Crippen LogP) is 5.19. The van der Waals surface area contributed by atoms with Crippen LogP contribution in [0.5, 0.6) is 11.5 Å². The Kier molecular flexibility index (Phi) is 6.40. The van der Waals surface area contributed by atoms with E-state index in [-0.39, 0.29) is 0 Å². The molecule has 0 aromatic heterocycles. The third-order valence-corrected chi connectivity index (χ3v) is 3.98. The second-order valence-corrected chi connectivity index (χ2v) is 5.68. The SMILES string of the molecule is BrCc1ccc(OCCCOc2ccccc2)c(Br)c1. The van der Waals surface area contributed by atoms with Crippen LogP contribution in [-0.4, -0.2) is 13.2 Å². The molecule has 2 rings (SSSR count). The van der Waals surface area contributed by atoms with Crippen LogP contribution in [0, 0.1) is 0 Å². The Morgan fingerprint density at radius 2 is 1.65 bits per heavy atom. The molecule has 2 nitrogen and oxygen atoms in total. The number of rotatable bonds is 7. The maximum Gasteiger partial charge on any atom is 0.133 e. The van der Waals surface area contributed by atoms with E-state index in [4.69, 9.17) is 9.47 Å². The van der Waals surface area contributed by atoms with Crippen LogP contribution in [0.1, 0.15) is 12.0 Å². The molecule has 106 valence electrons. The molecule has 0 radical (unpaired) electrons. The van der Waals surface area contributed by atoms with Crippen LogP contribution in [0.4, 0.5) is 0 Å². The van der Waals surface area contributed by atoms with Crippen molar-refractivity contribution >= 4 is 31.9 Å². The summed E-state index contributed by atoms with van der Waals surface area (Å²) in [5.41, 5.74) is 1.22. The number of hydrogen-bond donors (Lipinski definition) is 0. The minimum Gasteiger partial charge on any atom is -0.493 e. The first kappa shape index (κ1) is 15.4. The topological polar surface area (TPSA) is 18.5 Å². The van der Waals surface area contributed by atoms with Gasteiger partial charge in [-0.2, -0.15) is 0 Å². The monoisotopic (exact) mass is 398 g/mol. The van der Waals surface area contributed by atoms with E-state index in [2.05, 4.69) is 44.0 Å². The minimum atomic E-state index is 0.638. The molecule has 0 unspecified atom stereocenters. The lowest BCUT2D eigenvalue weighted by atomic mass is 10.2. The standard InChI is InChI=1S/C16H16Br2O2/c17-12-13-7-8-16(15(18)11-13)20-10-4-9-19-14-5-2-1-3-6-14/h1-3,5-8,11H,4,9-10,12H2. The Hall–Kier alpha value is -1.00. The molecule has 2 aromatic rings. The average molecular weight is 400 g/mol. The van der Waals surface area contributed by atoms with Gasteiger partial charge in [0.25, 0.3) is 0 Å². The normalized spacial score (nSPS) is 10.3. The van der Waals surface area contributed by atoms with E-state index >= 15 is 0 Å². The number of ether oxygens (including phenoxy) is 2. The van der Waals surface area contributed by atoms with Gasteiger partial charge in [-0.1, -0.05) is 40.2 Å². The number of benzene rings is 2. The lowest BCUT2D eigenvalue weighted by Crippen LogP contribution is -2.05. The first-order valence-corrected chi connectivity index (χ1v) is 8.36. The molecule has 0 saturated heterocycles. The average Bonchev–Trinajstić information content (AvgIpc) is 2.49. The van der Waals surface area contributed by atoms with Gasteiger partial charge in [0.05, 0.1) is 17.7 Å². The lowest BCUT2D eigenvalue weighted by molar-refractivity contribution is 0.246. The van der Waals surface area contributed by atoms with Crippen molar-refractivity contribution in [3.8, 4) is 11.5 Å². The van der Waals surface area contributed by atoms with Gasteiger partial charge in [-0.05, 0) is 45.8 Å². The molecule has 0 aliphatic carbocycles. The zero-order valence-corrected chi connectivity index (χ0v) is 14.2. The largest absolute Gasteiger partial charge is 0.493 e. The van der Waals surface area contributed by atoms with Crippen molar-refractivity contribution in [1.29, 1.82) is 0 Å². The Balaban J connectivity index is 1.71. The van der Waals surface area contributed by atoms with Crippen LogP contribution in [0.2, 0.25) is 0 Å². The zero-order valence-electron chi connectivity index (χ0n) is 11.0. The van der Waals surface area contributed by atoms with Gasteiger partial charge in [0.2, 0.25) is 0 Å². The molecule has 0 bridgehead atoms. The molecule has 0 spiro atoms. The van der Waals surface area contributed by atoms with E-state index in [1.807, 2.05) is 36.4 Å². The highest BCUT2D eigenvalue weighted by molar-refractivity contribution is 9.10. The van der Waals surface area contributed by atoms with Crippen LogP contribution < -0.4 is 9.47 Å². The third kappa shape index (κ3) is 4.84. The van der Waals surface area contributed by atoms with E-state index in [1.54, 1.807) is 0 Å². The van der Waals surface area contributed by atoms with Gasteiger partial charge in [0, 0.05) is 11.8 Å². The number of hydrogen-bond acceptors (Lipinski definition) is 2. The molecule has 0 saturated carbocycles. The summed E-state index contributed by atoms with van der Waals surface area (Å²) in [5.74, 6) is 1.77. The first-order valence-electron chi connectivity index (χ1n) is 6.44. The third-order valence-electron chi connectivity index (χ3n) is 2.71. The summed E-state index contributed by atoms with van der Waals surface area (Å²) in [4.78, 5) is 0. The maximum absolute atomic E-state index is 5.73. The summed E-state index contributed by atoms with van der Waals surface area (Å²) < 4.78 is 12.3. The van der Waals surface area contributed by atoms with Crippen molar-refractivity contribution in [3.63, 3.8) is 0 Å². The predicted molar refractivity (Wildman–Crippen MR) is 88.8 cm³/mol. The molecular formula is C16H16Br2O2. The Morgan fingerprint density at radius 3 is 2.35 bits per heavy atom. The van der Waals surface area contributed by atoms with Gasteiger partial charge in [-0.15, -0.1) is 0 Å². The number of alkyl halides is 1. The van der Waals surface area contributed by atoms with Crippen LogP contribution >= 0.6 is 31.9 Å². The van der Waals surface area contributed by atoms with Gasteiger partial charge in [-0.3, -0.25) is 0 Å². The van der Waals surface area contributed by atoms with E-state index in [9.17, 15) is 0 Å². The highest BCUT2D eigenvalue weighted by atomic mass is 79.9. The fourth-order valence-corrected chi connectivity index (χ4v) is 2.58. The molecule has 0 atom stereocenters. The van der Waals surface area contributed by atoms with Crippen molar-refractivity contribution in [1.82, 2.24) is 0 Å². The van der Waals surface area contributed by atoms with Gasteiger partial charge in [-0.25, -0.2) is 0 Å². The van der Waals surface area contributed by atoms with Crippen LogP contribution in [0.15, 0.2) is 53.0 Å². The van der Waals surface area contributed by atoms with E-state index < -0.39 is 0 Å². The summed E-state index contributed by atoms with van der Waals surface area (Å²) >= 11 is 6.95. The first-order chi connectivity index (χ1) is 9.79. The lowest BCUT2D eigenvalue weighted by Gasteiger charge is -2.10. The molecular weight excluding hydrogens is 384 g/mol. The van der Waals surface area contributed by atoms with Gasteiger partial charge < -0.3 is 9.47 Å². The highest BCUT2D eigenvalue weighted by Gasteiger charge is 2.02.